The second-order valence-electron chi connectivity index (χ2n) is 17.8. The van der Waals surface area contributed by atoms with E-state index in [0.29, 0.717) is 23.7 Å². The lowest BCUT2D eigenvalue weighted by Gasteiger charge is -2.64. The number of guanidine groups is 1. The Bertz CT molecular complexity index is 1380. The molecular formula is C36H63N3Si5. The molecule has 0 radical (unpaired) electrons. The number of nitrogens with zero attached hydrogens (tertiary/aromatic N) is 3. The Kier molecular flexibility index (Phi) is 9.37. The summed E-state index contributed by atoms with van der Waals surface area (Å²) in [6.07, 6.45) is 10.2. The van der Waals surface area contributed by atoms with E-state index in [-0.39, 0.29) is 0 Å². The van der Waals surface area contributed by atoms with E-state index >= 15 is 0 Å². The molecule has 44 heavy (non-hydrogen) atoms. The molecule has 3 nitrogen and oxygen atoms in total. The zero-order valence-corrected chi connectivity index (χ0v) is 36.3. The second-order valence-corrected chi connectivity index (χ2v) is 69.2. The van der Waals surface area contributed by atoms with Gasteiger partial charge in [-0.2, -0.15) is 0 Å². The summed E-state index contributed by atoms with van der Waals surface area (Å²) in [5.41, 5.74) is 5.76. The molecule has 0 fully saturated rings. The molecule has 0 saturated heterocycles. The number of para-hydroxylation sites is 1. The minimum Gasteiger partial charge on any atom is -0.292 e. The van der Waals surface area contributed by atoms with Crippen LogP contribution in [0.5, 0.6) is 0 Å². The lowest BCUT2D eigenvalue weighted by Crippen LogP contribution is -2.94. The minimum absolute atomic E-state index is 0.434. The van der Waals surface area contributed by atoms with Gasteiger partial charge in [-0.05, 0) is 40.4 Å². The Labute approximate surface area is 275 Å². The predicted molar refractivity (Wildman–Crippen MR) is 211 cm³/mol. The van der Waals surface area contributed by atoms with Gasteiger partial charge < -0.3 is 0 Å². The highest BCUT2D eigenvalue weighted by atomic mass is 30.2. The Morgan fingerprint density at radius 3 is 1.52 bits per heavy atom. The predicted octanol–water partition coefficient (Wildman–Crippen LogP) is 10.8. The van der Waals surface area contributed by atoms with Crippen LogP contribution < -0.4 is 4.90 Å². The first-order valence-electron chi connectivity index (χ1n) is 17.2. The summed E-state index contributed by atoms with van der Waals surface area (Å²) in [7, 11) is -7.82. The van der Waals surface area contributed by atoms with Gasteiger partial charge in [0.1, 0.15) is 0 Å². The number of anilines is 1. The van der Waals surface area contributed by atoms with Crippen molar-refractivity contribution in [2.45, 2.75) is 126 Å². The van der Waals surface area contributed by atoms with E-state index in [9.17, 15) is 0 Å². The van der Waals surface area contributed by atoms with Gasteiger partial charge in [-0.3, -0.25) is 14.5 Å². The Morgan fingerprint density at radius 1 is 0.636 bits per heavy atom. The fourth-order valence-electron chi connectivity index (χ4n) is 10.6. The van der Waals surface area contributed by atoms with Gasteiger partial charge >= 0.3 is 0 Å². The van der Waals surface area contributed by atoms with E-state index in [4.69, 9.17) is 4.66 Å². The number of allylic oxidation sites excluding steroid dienone is 5. The quantitative estimate of drug-likeness (QED) is 0.242. The van der Waals surface area contributed by atoms with Crippen LogP contribution >= 0.6 is 0 Å². The number of benzene rings is 1. The van der Waals surface area contributed by atoms with Gasteiger partial charge in [0.2, 0.25) is 13.7 Å². The number of hydrogen-bond acceptors (Lipinski definition) is 3. The monoisotopic (exact) mass is 677 g/mol. The van der Waals surface area contributed by atoms with Gasteiger partial charge in [-0.25, -0.2) is 0 Å². The van der Waals surface area contributed by atoms with Crippen LogP contribution in [0.4, 0.5) is 5.69 Å². The van der Waals surface area contributed by atoms with Gasteiger partial charge in [0.15, 0.2) is 0 Å². The second kappa shape index (κ2) is 11.7. The van der Waals surface area contributed by atoms with E-state index in [0.717, 1.165) is 0 Å². The van der Waals surface area contributed by atoms with Crippen molar-refractivity contribution in [1.82, 2.24) is 4.90 Å². The highest BCUT2D eigenvalue weighted by Gasteiger charge is 2.78. The molecule has 0 spiro atoms. The van der Waals surface area contributed by atoms with Gasteiger partial charge in [0.25, 0.3) is 0 Å². The molecule has 4 rings (SSSR count). The first-order chi connectivity index (χ1) is 20.1. The van der Waals surface area contributed by atoms with Crippen LogP contribution in [-0.2, 0) is 0 Å². The molecule has 3 aliphatic heterocycles. The summed E-state index contributed by atoms with van der Waals surface area (Å²) in [4.78, 5) is 5.19. The molecule has 3 aliphatic rings. The molecule has 0 aliphatic carbocycles. The van der Waals surface area contributed by atoms with Crippen molar-refractivity contribution in [3.05, 3.63) is 76.0 Å². The maximum atomic E-state index is 6.57. The topological polar surface area (TPSA) is 18.8 Å². The maximum Gasteiger partial charge on any atom is 0.240 e. The van der Waals surface area contributed by atoms with E-state index in [1.165, 1.54) is 22.8 Å². The van der Waals surface area contributed by atoms with Crippen LogP contribution in [0.2, 0.25) is 58.9 Å². The minimum atomic E-state index is -2.64. The van der Waals surface area contributed by atoms with Gasteiger partial charge in [0.05, 0.1) is 11.8 Å². The van der Waals surface area contributed by atoms with Crippen LogP contribution in [0.15, 0.2) is 69.6 Å². The average molecular weight is 678 g/mol. The molecular weight excluding hydrogens is 615 g/mol. The standard InChI is InChI=1S/C36H63N3Si5/c1-26(2)30-20-18-21-31(27(3)4)34(30)38-24-25-39-35-32(28(5)6)22-19-23-33(29(7)8)43(35,37-36(38)39)44(40(9,10)11,41(12,13)14)42(15,16)17/h18-29H,1-17H3/t43-/m0/s1. The smallest absolute Gasteiger partial charge is 0.240 e. The fourth-order valence-corrected chi connectivity index (χ4v) is 159. The van der Waals surface area contributed by atoms with E-state index in [1.54, 1.807) is 16.1 Å². The van der Waals surface area contributed by atoms with Crippen molar-refractivity contribution in [3.8, 4) is 0 Å². The molecule has 0 aromatic heterocycles. The van der Waals surface area contributed by atoms with E-state index in [1.807, 2.05) is 0 Å². The summed E-state index contributed by atoms with van der Waals surface area (Å²) in [5, 5.41) is 3.37. The van der Waals surface area contributed by atoms with Crippen LogP contribution in [0.25, 0.3) is 0 Å². The van der Waals surface area contributed by atoms with E-state index < -0.39 is 36.7 Å². The molecule has 0 bridgehead atoms. The van der Waals surface area contributed by atoms with Gasteiger partial charge in [0, 0.05) is 40.5 Å². The first kappa shape index (κ1) is 35.4. The normalized spacial score (nSPS) is 21.2. The molecule has 0 saturated carbocycles. The Hall–Kier alpha value is -1.47. The summed E-state index contributed by atoms with van der Waals surface area (Å²) < 4.78 is 6.57. The summed E-state index contributed by atoms with van der Waals surface area (Å²) >= 11 is 0. The molecule has 0 N–H and O–H groups in total. The summed E-state index contributed by atoms with van der Waals surface area (Å²) in [6.45, 7) is 44.2. The Morgan fingerprint density at radius 2 is 1.11 bits per heavy atom. The lowest BCUT2D eigenvalue weighted by molar-refractivity contribution is 0.700. The molecule has 1 aromatic carbocycles. The number of fused-ring (bicyclic) bond motifs is 3. The van der Waals surface area contributed by atoms with Crippen molar-refractivity contribution in [2.24, 2.45) is 16.5 Å². The molecule has 3 heterocycles. The molecule has 0 unspecified atom stereocenters. The summed E-state index contributed by atoms with van der Waals surface area (Å²) in [6, 6.07) is 6.98. The molecule has 8 heteroatoms. The molecule has 242 valence electrons. The van der Waals surface area contributed by atoms with Gasteiger partial charge in [-0.15, -0.1) is 0 Å². The van der Waals surface area contributed by atoms with Crippen molar-refractivity contribution in [3.63, 3.8) is 0 Å². The molecule has 0 amide bonds. The first-order valence-corrected chi connectivity index (χ1v) is 35.7. The van der Waals surface area contributed by atoms with Crippen LogP contribution in [0.3, 0.4) is 0 Å². The fraction of sp³-hybridized carbons (Fsp3) is 0.583. The zero-order chi connectivity index (χ0) is 33.4. The zero-order valence-electron chi connectivity index (χ0n) is 31.3. The van der Waals surface area contributed by atoms with Crippen molar-refractivity contribution in [1.29, 1.82) is 0 Å². The molecule has 1 atom stereocenters. The Balaban J connectivity index is 2.29. The lowest BCUT2D eigenvalue weighted by atomic mass is 9.92. The SMILES string of the molecule is CC(C)C1=CC=CC(C(C)C)=C2N3C=CN(c4c(C(C)C)cccc4C(C)C)C3=N[Si@]12[Si]([Si](C)(C)C)([Si](C)(C)C)[Si](C)(C)C. The van der Waals surface area contributed by atoms with Crippen molar-refractivity contribution >= 4 is 48.3 Å². The highest BCUT2D eigenvalue weighted by Crippen LogP contribution is 2.56. The van der Waals surface area contributed by atoms with Gasteiger partial charge in [-0.1, -0.05) is 156 Å². The van der Waals surface area contributed by atoms with Crippen LogP contribution in [0, 0.1) is 11.8 Å². The largest absolute Gasteiger partial charge is 0.292 e. The van der Waals surface area contributed by atoms with Crippen molar-refractivity contribution in [2.75, 3.05) is 4.90 Å². The average Bonchev–Trinajstić information content (AvgIpc) is 3.32. The third kappa shape index (κ3) is 5.00. The van der Waals surface area contributed by atoms with Crippen LogP contribution in [-0.4, -0.2) is 47.5 Å². The third-order valence-electron chi connectivity index (χ3n) is 10.6. The maximum absolute atomic E-state index is 6.57. The summed E-state index contributed by atoms with van der Waals surface area (Å²) in [5.74, 6) is 2.98. The van der Waals surface area contributed by atoms with Crippen LogP contribution in [0.1, 0.15) is 78.4 Å². The highest BCUT2D eigenvalue weighted by molar-refractivity contribution is 8.07. The van der Waals surface area contributed by atoms with Crippen molar-refractivity contribution < 1.29 is 0 Å². The van der Waals surface area contributed by atoms with E-state index in [2.05, 4.69) is 173 Å². The number of rotatable bonds is 9. The third-order valence-corrected chi connectivity index (χ3v) is 118. The number of hydrogen-bond donors (Lipinski definition) is 0. The molecule has 1 aromatic rings.